The highest BCUT2D eigenvalue weighted by Crippen LogP contribution is 2.29. The van der Waals surface area contributed by atoms with E-state index in [1.54, 1.807) is 6.92 Å². The molecule has 2 rings (SSSR count). The number of nitrogens with zero attached hydrogens (tertiary/aromatic N) is 1. The molecule has 120 valence electrons. The average molecular weight is 304 g/mol. The summed E-state index contributed by atoms with van der Waals surface area (Å²) in [4.78, 5) is 25.2. The highest BCUT2D eigenvalue weighted by atomic mass is 16.4. The van der Waals surface area contributed by atoms with Gasteiger partial charge in [-0.2, -0.15) is 0 Å². The number of carbonyl (C=O) groups excluding carboxylic acids is 1. The number of hydrogen-bond acceptors (Lipinski definition) is 3. The van der Waals surface area contributed by atoms with Crippen molar-refractivity contribution in [2.45, 2.75) is 33.1 Å². The highest BCUT2D eigenvalue weighted by Gasteiger charge is 2.40. The number of nitrogens with one attached hydrogen (secondary N) is 1. The van der Waals surface area contributed by atoms with Crippen molar-refractivity contribution < 1.29 is 14.7 Å². The lowest BCUT2D eigenvalue weighted by Crippen LogP contribution is -2.35. The van der Waals surface area contributed by atoms with Crippen LogP contribution in [0.25, 0.3) is 0 Å². The van der Waals surface area contributed by atoms with Gasteiger partial charge >= 0.3 is 5.97 Å². The van der Waals surface area contributed by atoms with Crippen molar-refractivity contribution in [3.8, 4) is 0 Å². The lowest BCUT2D eigenvalue weighted by molar-refractivity contribution is -0.147. The van der Waals surface area contributed by atoms with Crippen molar-refractivity contribution in [3.63, 3.8) is 0 Å². The van der Waals surface area contributed by atoms with Crippen LogP contribution in [0.1, 0.15) is 38.7 Å². The van der Waals surface area contributed by atoms with Crippen molar-refractivity contribution in [2.24, 2.45) is 5.41 Å². The van der Waals surface area contributed by atoms with E-state index in [4.69, 9.17) is 0 Å². The lowest BCUT2D eigenvalue weighted by Gasteiger charge is -2.19. The van der Waals surface area contributed by atoms with Crippen LogP contribution in [0.2, 0.25) is 0 Å². The SMILES string of the molecule is CC(C)c1ccc(NC(=O)CN2CCC(C)(C(=O)O)C2)cc1. The van der Waals surface area contributed by atoms with Crippen molar-refractivity contribution in [1.82, 2.24) is 4.90 Å². The first-order chi connectivity index (χ1) is 10.3. The molecule has 1 aromatic carbocycles. The van der Waals surface area contributed by atoms with Gasteiger partial charge in [-0.05, 0) is 43.5 Å². The number of carboxylic acids is 1. The second-order valence-corrected chi connectivity index (χ2v) is 6.65. The Bertz CT molecular complexity index is 554. The lowest BCUT2D eigenvalue weighted by atomic mass is 9.90. The summed E-state index contributed by atoms with van der Waals surface area (Å²) in [6.07, 6.45) is 0.582. The summed E-state index contributed by atoms with van der Waals surface area (Å²) in [5.41, 5.74) is 1.27. The van der Waals surface area contributed by atoms with E-state index in [1.807, 2.05) is 29.2 Å². The van der Waals surface area contributed by atoms with Gasteiger partial charge in [-0.15, -0.1) is 0 Å². The highest BCUT2D eigenvalue weighted by molar-refractivity contribution is 5.92. The molecule has 1 heterocycles. The van der Waals surface area contributed by atoms with Gasteiger partial charge in [0.25, 0.3) is 0 Å². The van der Waals surface area contributed by atoms with Gasteiger partial charge in [0.1, 0.15) is 0 Å². The fourth-order valence-corrected chi connectivity index (χ4v) is 2.72. The monoisotopic (exact) mass is 304 g/mol. The Kier molecular flexibility index (Phi) is 4.86. The second-order valence-electron chi connectivity index (χ2n) is 6.65. The van der Waals surface area contributed by atoms with Gasteiger partial charge in [0.2, 0.25) is 5.91 Å². The summed E-state index contributed by atoms with van der Waals surface area (Å²) in [6.45, 7) is 7.28. The average Bonchev–Trinajstić information content (AvgIpc) is 2.82. The molecule has 1 fully saturated rings. The molecule has 0 aliphatic carbocycles. The quantitative estimate of drug-likeness (QED) is 0.877. The molecule has 1 aliphatic rings. The Labute approximate surface area is 131 Å². The number of rotatable bonds is 5. The van der Waals surface area contributed by atoms with E-state index in [1.165, 1.54) is 5.56 Å². The van der Waals surface area contributed by atoms with E-state index in [0.717, 1.165) is 5.69 Å². The molecule has 1 atom stereocenters. The van der Waals surface area contributed by atoms with Crippen LogP contribution in [0.4, 0.5) is 5.69 Å². The minimum atomic E-state index is -0.792. The van der Waals surface area contributed by atoms with Gasteiger partial charge < -0.3 is 10.4 Å². The molecule has 5 nitrogen and oxygen atoms in total. The van der Waals surface area contributed by atoms with Crippen molar-refractivity contribution in [1.29, 1.82) is 0 Å². The third-order valence-corrected chi connectivity index (χ3v) is 4.30. The maximum Gasteiger partial charge on any atom is 0.310 e. The van der Waals surface area contributed by atoms with E-state index in [2.05, 4.69) is 19.2 Å². The third kappa shape index (κ3) is 3.85. The zero-order valence-electron chi connectivity index (χ0n) is 13.4. The van der Waals surface area contributed by atoms with Gasteiger partial charge in [-0.3, -0.25) is 14.5 Å². The topological polar surface area (TPSA) is 69.6 Å². The molecular formula is C17H24N2O3. The summed E-state index contributed by atoms with van der Waals surface area (Å²) >= 11 is 0. The Morgan fingerprint density at radius 2 is 1.95 bits per heavy atom. The standard InChI is InChI=1S/C17H24N2O3/c1-12(2)13-4-6-14(7-5-13)18-15(20)10-19-9-8-17(3,11-19)16(21)22/h4-7,12H,8-11H2,1-3H3,(H,18,20)(H,21,22). The van der Waals surface area contributed by atoms with Gasteiger partial charge in [0, 0.05) is 12.2 Å². The maximum atomic E-state index is 12.1. The number of benzene rings is 1. The van der Waals surface area contributed by atoms with E-state index in [0.29, 0.717) is 25.4 Å². The Morgan fingerprint density at radius 3 is 2.45 bits per heavy atom. The molecule has 1 aliphatic heterocycles. The molecule has 5 heteroatoms. The van der Waals surface area contributed by atoms with E-state index >= 15 is 0 Å². The fourth-order valence-electron chi connectivity index (χ4n) is 2.72. The molecule has 1 saturated heterocycles. The van der Waals surface area contributed by atoms with E-state index < -0.39 is 11.4 Å². The van der Waals surface area contributed by atoms with Crippen LogP contribution in [-0.4, -0.2) is 41.5 Å². The van der Waals surface area contributed by atoms with Gasteiger partial charge in [-0.1, -0.05) is 26.0 Å². The minimum absolute atomic E-state index is 0.105. The van der Waals surface area contributed by atoms with E-state index in [-0.39, 0.29) is 12.5 Å². The first kappa shape index (κ1) is 16.5. The van der Waals surface area contributed by atoms with Gasteiger partial charge in [-0.25, -0.2) is 0 Å². The molecule has 0 radical (unpaired) electrons. The van der Waals surface area contributed by atoms with Crippen LogP contribution < -0.4 is 5.32 Å². The molecule has 2 N–H and O–H groups in total. The predicted octanol–water partition coefficient (Wildman–Crippen LogP) is 2.55. The summed E-state index contributed by atoms with van der Waals surface area (Å²) in [6, 6.07) is 7.83. The number of anilines is 1. The summed E-state index contributed by atoms with van der Waals surface area (Å²) in [5, 5.41) is 12.1. The number of carboxylic acid groups (broad SMARTS) is 1. The van der Waals surface area contributed by atoms with Gasteiger partial charge in [0.15, 0.2) is 0 Å². The van der Waals surface area contributed by atoms with Crippen LogP contribution in [0.15, 0.2) is 24.3 Å². The first-order valence-corrected chi connectivity index (χ1v) is 7.66. The van der Waals surface area contributed by atoms with Crippen LogP contribution >= 0.6 is 0 Å². The number of hydrogen-bond donors (Lipinski definition) is 2. The summed E-state index contributed by atoms with van der Waals surface area (Å²) in [5.74, 6) is -0.435. The van der Waals surface area contributed by atoms with Gasteiger partial charge in [0.05, 0.1) is 12.0 Å². The Morgan fingerprint density at radius 1 is 1.32 bits per heavy atom. The smallest absolute Gasteiger partial charge is 0.310 e. The largest absolute Gasteiger partial charge is 0.481 e. The van der Waals surface area contributed by atoms with Crippen LogP contribution in [-0.2, 0) is 9.59 Å². The third-order valence-electron chi connectivity index (χ3n) is 4.30. The zero-order chi connectivity index (χ0) is 16.3. The maximum absolute atomic E-state index is 12.1. The Hall–Kier alpha value is -1.88. The van der Waals surface area contributed by atoms with Crippen LogP contribution in [0, 0.1) is 5.41 Å². The van der Waals surface area contributed by atoms with E-state index in [9.17, 15) is 14.7 Å². The van der Waals surface area contributed by atoms with Crippen LogP contribution in [0.3, 0.4) is 0 Å². The number of aliphatic carboxylic acids is 1. The van der Waals surface area contributed by atoms with Crippen molar-refractivity contribution >= 4 is 17.6 Å². The predicted molar refractivity (Wildman–Crippen MR) is 86.0 cm³/mol. The summed E-state index contributed by atoms with van der Waals surface area (Å²) < 4.78 is 0. The summed E-state index contributed by atoms with van der Waals surface area (Å²) in [7, 11) is 0. The van der Waals surface area contributed by atoms with Crippen molar-refractivity contribution in [3.05, 3.63) is 29.8 Å². The molecular weight excluding hydrogens is 280 g/mol. The minimum Gasteiger partial charge on any atom is -0.481 e. The number of carbonyl (C=O) groups is 2. The number of amides is 1. The normalized spacial score (nSPS) is 22.0. The number of likely N-dealkylation sites (tertiary alicyclic amines) is 1. The Balaban J connectivity index is 1.87. The molecule has 22 heavy (non-hydrogen) atoms. The molecule has 0 spiro atoms. The molecule has 1 amide bonds. The second kappa shape index (κ2) is 6.48. The molecule has 0 saturated carbocycles. The zero-order valence-corrected chi connectivity index (χ0v) is 13.4. The molecule has 1 unspecified atom stereocenters. The molecule has 0 bridgehead atoms. The fraction of sp³-hybridized carbons (Fsp3) is 0.529. The molecule has 1 aromatic rings. The first-order valence-electron chi connectivity index (χ1n) is 7.66. The van der Waals surface area contributed by atoms with Crippen LogP contribution in [0.5, 0.6) is 0 Å². The van der Waals surface area contributed by atoms with Crippen molar-refractivity contribution in [2.75, 3.05) is 25.0 Å². The molecule has 0 aromatic heterocycles.